The van der Waals surface area contributed by atoms with E-state index in [2.05, 4.69) is 22.9 Å². The van der Waals surface area contributed by atoms with Crippen LogP contribution in [0.5, 0.6) is 11.5 Å². The summed E-state index contributed by atoms with van der Waals surface area (Å²) in [4.78, 5) is 12.4. The highest BCUT2D eigenvalue weighted by Crippen LogP contribution is 2.33. The number of halogens is 1. The number of carbonyl (C=O) groups is 1. The van der Waals surface area contributed by atoms with Crippen molar-refractivity contribution in [3.63, 3.8) is 0 Å². The molecule has 152 valence electrons. The third kappa shape index (κ3) is 7.55. The summed E-state index contributed by atoms with van der Waals surface area (Å²) in [6.07, 6.45) is 4.29. The monoisotopic (exact) mass is 448 g/mol. The lowest BCUT2D eigenvalue weighted by Crippen LogP contribution is -2.29. The molecule has 0 fully saturated rings. The Labute approximate surface area is 176 Å². The number of ether oxygens (including phenoxy) is 3. The van der Waals surface area contributed by atoms with Crippen molar-refractivity contribution in [3.05, 3.63) is 58.6 Å². The highest BCUT2D eigenvalue weighted by Gasteiger charge is 2.23. The number of benzene rings is 2. The second kappa shape index (κ2) is 12.4. The van der Waals surface area contributed by atoms with Gasteiger partial charge in [0.15, 0.2) is 17.6 Å². The van der Waals surface area contributed by atoms with Crippen LogP contribution in [0.25, 0.3) is 0 Å². The molecule has 0 unspecified atom stereocenters. The molecule has 0 aliphatic heterocycles. The SMILES string of the molecule is CCCCCC[C@H](Oc1cc(Br)ccc1OCc1ccccc1)C(=O)OCC. The van der Waals surface area contributed by atoms with Gasteiger partial charge in [0.1, 0.15) is 6.61 Å². The zero-order valence-corrected chi connectivity index (χ0v) is 18.2. The molecule has 0 aliphatic carbocycles. The zero-order chi connectivity index (χ0) is 20.2. The molecule has 5 heteroatoms. The van der Waals surface area contributed by atoms with E-state index in [1.807, 2.05) is 48.5 Å². The predicted octanol–water partition coefficient (Wildman–Crippen LogP) is 6.31. The molecule has 0 N–H and O–H groups in total. The number of esters is 1. The number of hydrogen-bond acceptors (Lipinski definition) is 4. The first-order chi connectivity index (χ1) is 13.6. The van der Waals surface area contributed by atoms with E-state index in [0.717, 1.165) is 35.7 Å². The third-order valence-electron chi connectivity index (χ3n) is 4.28. The van der Waals surface area contributed by atoms with E-state index in [1.165, 1.54) is 0 Å². The van der Waals surface area contributed by atoms with Gasteiger partial charge >= 0.3 is 5.97 Å². The van der Waals surface area contributed by atoms with Gasteiger partial charge in [0.2, 0.25) is 0 Å². The van der Waals surface area contributed by atoms with Crippen LogP contribution in [-0.4, -0.2) is 18.7 Å². The normalized spacial score (nSPS) is 11.7. The van der Waals surface area contributed by atoms with Crippen molar-refractivity contribution in [2.75, 3.05) is 6.61 Å². The van der Waals surface area contributed by atoms with Crippen molar-refractivity contribution in [1.29, 1.82) is 0 Å². The van der Waals surface area contributed by atoms with Crippen molar-refractivity contribution >= 4 is 21.9 Å². The van der Waals surface area contributed by atoms with E-state index in [9.17, 15) is 4.79 Å². The van der Waals surface area contributed by atoms with E-state index in [0.29, 0.717) is 31.1 Å². The molecule has 0 bridgehead atoms. The first kappa shape index (κ1) is 22.3. The summed E-state index contributed by atoms with van der Waals surface area (Å²) in [5.41, 5.74) is 1.07. The average Bonchev–Trinajstić information content (AvgIpc) is 2.70. The molecule has 0 aromatic heterocycles. The van der Waals surface area contributed by atoms with Crippen molar-refractivity contribution in [3.8, 4) is 11.5 Å². The fourth-order valence-electron chi connectivity index (χ4n) is 2.80. The second-order valence-corrected chi connectivity index (χ2v) is 7.49. The van der Waals surface area contributed by atoms with E-state index in [1.54, 1.807) is 6.92 Å². The highest BCUT2D eigenvalue weighted by atomic mass is 79.9. The molecule has 0 radical (unpaired) electrons. The van der Waals surface area contributed by atoms with Gasteiger partial charge in [-0.3, -0.25) is 0 Å². The van der Waals surface area contributed by atoms with Crippen LogP contribution in [0.1, 0.15) is 51.5 Å². The number of carbonyl (C=O) groups excluding carboxylic acids is 1. The molecule has 4 nitrogen and oxygen atoms in total. The van der Waals surface area contributed by atoms with Gasteiger partial charge in [-0.1, -0.05) is 72.4 Å². The van der Waals surface area contributed by atoms with Crippen molar-refractivity contribution < 1.29 is 19.0 Å². The molecule has 1 atom stereocenters. The van der Waals surface area contributed by atoms with E-state index in [4.69, 9.17) is 14.2 Å². The molecule has 0 heterocycles. The maximum atomic E-state index is 12.4. The van der Waals surface area contributed by atoms with E-state index >= 15 is 0 Å². The van der Waals surface area contributed by atoms with Crippen LogP contribution in [0.2, 0.25) is 0 Å². The summed E-state index contributed by atoms with van der Waals surface area (Å²) >= 11 is 3.47. The van der Waals surface area contributed by atoms with Crippen molar-refractivity contribution in [1.82, 2.24) is 0 Å². The molecular formula is C23H29BrO4. The lowest BCUT2D eigenvalue weighted by molar-refractivity contribution is -0.151. The molecular weight excluding hydrogens is 420 g/mol. The fourth-order valence-corrected chi connectivity index (χ4v) is 3.14. The summed E-state index contributed by atoms with van der Waals surface area (Å²) in [7, 11) is 0. The van der Waals surface area contributed by atoms with Gasteiger partial charge in [-0.15, -0.1) is 0 Å². The lowest BCUT2D eigenvalue weighted by Gasteiger charge is -2.20. The molecule has 2 aromatic carbocycles. The largest absolute Gasteiger partial charge is 0.485 e. The maximum Gasteiger partial charge on any atom is 0.347 e. The van der Waals surface area contributed by atoms with Crippen LogP contribution < -0.4 is 9.47 Å². The molecule has 2 rings (SSSR count). The lowest BCUT2D eigenvalue weighted by atomic mass is 10.1. The first-order valence-electron chi connectivity index (χ1n) is 9.93. The Balaban J connectivity index is 2.10. The van der Waals surface area contributed by atoms with Crippen LogP contribution in [-0.2, 0) is 16.1 Å². The molecule has 0 saturated heterocycles. The molecule has 2 aromatic rings. The average molecular weight is 449 g/mol. The second-order valence-electron chi connectivity index (χ2n) is 6.57. The van der Waals surface area contributed by atoms with Gasteiger partial charge in [-0.2, -0.15) is 0 Å². The van der Waals surface area contributed by atoms with Crippen LogP contribution in [0.3, 0.4) is 0 Å². The van der Waals surface area contributed by atoms with E-state index < -0.39 is 6.10 Å². The van der Waals surface area contributed by atoms with Crippen molar-refractivity contribution in [2.24, 2.45) is 0 Å². The minimum atomic E-state index is -0.634. The van der Waals surface area contributed by atoms with Gasteiger partial charge in [0, 0.05) is 4.47 Å². The third-order valence-corrected chi connectivity index (χ3v) is 4.77. The summed E-state index contributed by atoms with van der Waals surface area (Å²) in [6.45, 7) is 4.74. The topological polar surface area (TPSA) is 44.8 Å². The Morgan fingerprint density at radius 3 is 2.50 bits per heavy atom. The standard InChI is InChI=1S/C23H29BrO4/c1-3-5-6-10-13-21(23(25)26-4-2)28-22-16-19(24)14-15-20(22)27-17-18-11-8-7-9-12-18/h7-9,11-12,14-16,21H,3-6,10,13,17H2,1-2H3/t21-/m0/s1. The van der Waals surface area contributed by atoms with Crippen LogP contribution in [0, 0.1) is 0 Å². The fraction of sp³-hybridized carbons (Fsp3) is 0.435. The molecule has 28 heavy (non-hydrogen) atoms. The Bertz CT molecular complexity index is 718. The Hall–Kier alpha value is -2.01. The van der Waals surface area contributed by atoms with Gasteiger partial charge in [-0.05, 0) is 43.5 Å². The summed E-state index contributed by atoms with van der Waals surface area (Å²) in [5.74, 6) is 0.821. The Morgan fingerprint density at radius 2 is 1.79 bits per heavy atom. The van der Waals surface area contributed by atoms with Crippen molar-refractivity contribution in [2.45, 2.75) is 58.7 Å². The number of hydrogen-bond donors (Lipinski definition) is 0. The van der Waals surface area contributed by atoms with Gasteiger partial charge < -0.3 is 14.2 Å². The molecule has 0 spiro atoms. The minimum Gasteiger partial charge on any atom is -0.485 e. The van der Waals surface area contributed by atoms with Gasteiger partial charge in [0.05, 0.1) is 6.61 Å². The molecule has 0 amide bonds. The molecule has 0 aliphatic rings. The highest BCUT2D eigenvalue weighted by molar-refractivity contribution is 9.10. The van der Waals surface area contributed by atoms with Gasteiger partial charge in [-0.25, -0.2) is 4.79 Å². The summed E-state index contributed by atoms with van der Waals surface area (Å²) in [5, 5.41) is 0. The Morgan fingerprint density at radius 1 is 1.00 bits per heavy atom. The zero-order valence-electron chi connectivity index (χ0n) is 16.7. The van der Waals surface area contributed by atoms with Crippen LogP contribution in [0.4, 0.5) is 0 Å². The Kier molecular flexibility index (Phi) is 9.91. The smallest absolute Gasteiger partial charge is 0.347 e. The maximum absolute atomic E-state index is 12.4. The first-order valence-corrected chi connectivity index (χ1v) is 10.7. The summed E-state index contributed by atoms with van der Waals surface area (Å²) < 4.78 is 18.1. The van der Waals surface area contributed by atoms with E-state index in [-0.39, 0.29) is 5.97 Å². The van der Waals surface area contributed by atoms with Crippen LogP contribution >= 0.6 is 15.9 Å². The quantitative estimate of drug-likeness (QED) is 0.281. The van der Waals surface area contributed by atoms with Gasteiger partial charge in [0.25, 0.3) is 0 Å². The summed E-state index contributed by atoms with van der Waals surface area (Å²) in [6, 6.07) is 15.5. The minimum absolute atomic E-state index is 0.326. The molecule has 0 saturated carbocycles. The number of rotatable bonds is 12. The van der Waals surface area contributed by atoms with Crippen LogP contribution in [0.15, 0.2) is 53.0 Å². The number of unbranched alkanes of at least 4 members (excludes halogenated alkanes) is 3. The predicted molar refractivity (Wildman–Crippen MR) is 115 cm³/mol.